The van der Waals surface area contributed by atoms with Crippen molar-refractivity contribution >= 4 is 29.4 Å². The van der Waals surface area contributed by atoms with Gasteiger partial charge in [-0.25, -0.2) is 10.4 Å². The van der Waals surface area contributed by atoms with Gasteiger partial charge >= 0.3 is 5.97 Å². The van der Waals surface area contributed by atoms with E-state index in [-0.39, 0.29) is 25.8 Å². The number of aromatic nitrogens is 2. The van der Waals surface area contributed by atoms with Crippen molar-refractivity contribution < 1.29 is 29.1 Å². The first-order chi connectivity index (χ1) is 13.8. The number of imidazole rings is 1. The highest BCUT2D eigenvalue weighted by Gasteiger charge is 2.24. The van der Waals surface area contributed by atoms with Gasteiger partial charge in [-0.2, -0.15) is 0 Å². The Kier molecular flexibility index (Phi) is 10.2. The summed E-state index contributed by atoms with van der Waals surface area (Å²) in [6.07, 6.45) is 2.15. The number of Topliss-reactive ketones (excluding diaryl/α,β-unsaturated/α-hetero) is 2. The van der Waals surface area contributed by atoms with Crippen LogP contribution in [0.15, 0.2) is 12.5 Å². The minimum atomic E-state index is -1.16. The first kappa shape index (κ1) is 23.9. The summed E-state index contributed by atoms with van der Waals surface area (Å²) in [4.78, 5) is 65.1. The number of amides is 2. The van der Waals surface area contributed by atoms with Crippen molar-refractivity contribution in [1.82, 2.24) is 26.0 Å². The number of nitrogens with zero attached hydrogens (tertiary/aromatic N) is 1. The zero-order chi connectivity index (χ0) is 21.8. The van der Waals surface area contributed by atoms with Gasteiger partial charge in [0.05, 0.1) is 31.9 Å². The number of ketones is 2. The lowest BCUT2D eigenvalue weighted by Gasteiger charge is -2.17. The van der Waals surface area contributed by atoms with Crippen LogP contribution in [0, 0.1) is 0 Å². The molecule has 0 spiro atoms. The van der Waals surface area contributed by atoms with Crippen molar-refractivity contribution in [2.45, 2.75) is 37.8 Å². The molecule has 0 bridgehead atoms. The average molecular weight is 411 g/mol. The van der Waals surface area contributed by atoms with Crippen molar-refractivity contribution in [1.29, 1.82) is 0 Å². The second-order valence-electron chi connectivity index (χ2n) is 6.16. The molecule has 1 heterocycles. The molecule has 1 aromatic heterocycles. The number of hydrogen-bond acceptors (Lipinski definition) is 9. The maximum Gasteiger partial charge on any atom is 0.303 e. The summed E-state index contributed by atoms with van der Waals surface area (Å²) in [6.45, 7) is -0.845. The number of aliphatic carboxylic acids is 1. The van der Waals surface area contributed by atoms with Crippen molar-refractivity contribution in [2.75, 3.05) is 13.1 Å². The molecule has 0 saturated carbocycles. The van der Waals surface area contributed by atoms with Crippen LogP contribution < -0.4 is 27.6 Å². The number of carboxylic acid groups (broad SMARTS) is 1. The number of carboxylic acids is 1. The summed E-state index contributed by atoms with van der Waals surface area (Å²) < 4.78 is 0. The summed E-state index contributed by atoms with van der Waals surface area (Å²) in [5.41, 5.74) is 8.15. The maximum atomic E-state index is 12.2. The summed E-state index contributed by atoms with van der Waals surface area (Å²) >= 11 is 0. The van der Waals surface area contributed by atoms with Crippen LogP contribution >= 0.6 is 0 Å². The number of carbonyl (C=O) groups excluding carboxylic acids is 4. The molecule has 1 rings (SSSR count). The second kappa shape index (κ2) is 12.3. The lowest BCUT2D eigenvalue weighted by molar-refractivity contribution is -0.138. The molecule has 160 valence electrons. The Bertz CT molecular complexity index is 721. The summed E-state index contributed by atoms with van der Waals surface area (Å²) in [7, 11) is 0. The SMILES string of the molecule is NCC(=O)N[C@@H](CCC(=O)O)C(=O)NCC(=O)CC(=O)[C@H](Cc1cnc[nH]1)NN. The van der Waals surface area contributed by atoms with Gasteiger partial charge in [-0.3, -0.25) is 29.8 Å². The molecule has 0 unspecified atom stereocenters. The number of carbonyl (C=O) groups is 5. The molecule has 0 aromatic carbocycles. The minimum absolute atomic E-state index is 0.177. The van der Waals surface area contributed by atoms with Gasteiger partial charge in [-0.05, 0) is 6.42 Å². The highest BCUT2D eigenvalue weighted by Crippen LogP contribution is 2.02. The van der Waals surface area contributed by atoms with E-state index < -0.39 is 54.4 Å². The van der Waals surface area contributed by atoms with Crippen molar-refractivity contribution in [2.24, 2.45) is 11.6 Å². The van der Waals surface area contributed by atoms with Gasteiger partial charge in [-0.15, -0.1) is 0 Å². The van der Waals surface area contributed by atoms with Gasteiger partial charge in [-0.1, -0.05) is 0 Å². The highest BCUT2D eigenvalue weighted by atomic mass is 16.4. The second-order valence-corrected chi connectivity index (χ2v) is 6.16. The number of hydrogen-bond donors (Lipinski definition) is 7. The van der Waals surface area contributed by atoms with E-state index in [1.54, 1.807) is 0 Å². The van der Waals surface area contributed by atoms with E-state index in [0.29, 0.717) is 5.69 Å². The van der Waals surface area contributed by atoms with Gasteiger partial charge in [0.15, 0.2) is 11.6 Å². The first-order valence-corrected chi connectivity index (χ1v) is 8.73. The molecule has 2 amide bonds. The Balaban J connectivity index is 2.53. The number of hydrazine groups is 1. The van der Waals surface area contributed by atoms with Crippen LogP contribution in [-0.2, 0) is 30.4 Å². The van der Waals surface area contributed by atoms with Crippen molar-refractivity contribution in [3.05, 3.63) is 18.2 Å². The number of aromatic amines is 1. The molecular formula is C16H25N7O6. The topological polar surface area (TPSA) is 222 Å². The highest BCUT2D eigenvalue weighted by molar-refractivity contribution is 6.03. The molecule has 9 N–H and O–H groups in total. The number of H-pyrrole nitrogens is 1. The first-order valence-electron chi connectivity index (χ1n) is 8.73. The molecular weight excluding hydrogens is 386 g/mol. The molecule has 2 atom stereocenters. The molecule has 13 heteroatoms. The fraction of sp³-hybridized carbons (Fsp3) is 0.500. The molecule has 0 aliphatic carbocycles. The van der Waals surface area contributed by atoms with Gasteiger partial charge < -0.3 is 26.5 Å². The van der Waals surface area contributed by atoms with Crippen molar-refractivity contribution in [3.8, 4) is 0 Å². The maximum absolute atomic E-state index is 12.2. The fourth-order valence-electron chi connectivity index (χ4n) is 2.36. The molecule has 0 radical (unpaired) electrons. The number of rotatable bonds is 14. The fourth-order valence-corrected chi connectivity index (χ4v) is 2.36. The Morgan fingerprint density at radius 3 is 2.48 bits per heavy atom. The average Bonchev–Trinajstić information content (AvgIpc) is 3.20. The van der Waals surface area contributed by atoms with E-state index in [1.807, 2.05) is 0 Å². The van der Waals surface area contributed by atoms with Crippen LogP contribution in [0.3, 0.4) is 0 Å². The smallest absolute Gasteiger partial charge is 0.303 e. The Hall–Kier alpha value is -3.16. The van der Waals surface area contributed by atoms with Crippen LogP contribution in [0.2, 0.25) is 0 Å². The van der Waals surface area contributed by atoms with E-state index in [9.17, 15) is 24.0 Å². The molecule has 0 aliphatic heterocycles. The summed E-state index contributed by atoms with van der Waals surface area (Å²) in [5.74, 6) is 1.77. The Morgan fingerprint density at radius 2 is 1.93 bits per heavy atom. The van der Waals surface area contributed by atoms with Crippen molar-refractivity contribution in [3.63, 3.8) is 0 Å². The van der Waals surface area contributed by atoms with E-state index in [4.69, 9.17) is 16.7 Å². The van der Waals surface area contributed by atoms with E-state index >= 15 is 0 Å². The predicted molar refractivity (Wildman–Crippen MR) is 98.9 cm³/mol. The molecule has 0 fully saturated rings. The van der Waals surface area contributed by atoms with Crippen LogP contribution in [-0.4, -0.2) is 69.6 Å². The van der Waals surface area contributed by atoms with Gasteiger partial charge in [0.1, 0.15) is 6.04 Å². The molecule has 29 heavy (non-hydrogen) atoms. The molecule has 0 aliphatic rings. The third-order valence-electron chi connectivity index (χ3n) is 3.88. The zero-order valence-electron chi connectivity index (χ0n) is 15.6. The molecule has 13 nitrogen and oxygen atoms in total. The van der Waals surface area contributed by atoms with Crippen LogP contribution in [0.4, 0.5) is 0 Å². The molecule has 1 aromatic rings. The lowest BCUT2D eigenvalue weighted by atomic mass is 10.0. The quantitative estimate of drug-likeness (QED) is 0.0919. The Morgan fingerprint density at radius 1 is 1.21 bits per heavy atom. The largest absolute Gasteiger partial charge is 0.481 e. The third kappa shape index (κ3) is 9.05. The summed E-state index contributed by atoms with van der Waals surface area (Å²) in [5, 5.41) is 13.3. The normalized spacial score (nSPS) is 12.6. The number of nitrogens with two attached hydrogens (primary N) is 2. The standard InChI is InChI=1S/C16H25N7O6/c17-5-14(26)22-11(1-2-15(27)28)16(29)20-7-10(24)4-13(25)12(23-18)3-9-6-19-8-21-9/h6,8,11-12,23H,1-5,7,17-18H2,(H,19,21)(H,20,29)(H,22,26)(H,27,28)/t11-,12-/m0/s1. The predicted octanol–water partition coefficient (Wildman–Crippen LogP) is -3.26. The number of nitrogens with one attached hydrogen (secondary N) is 4. The Labute approximate surface area is 166 Å². The van der Waals surface area contributed by atoms with Crippen LogP contribution in [0.25, 0.3) is 0 Å². The van der Waals surface area contributed by atoms with E-state index in [0.717, 1.165) is 0 Å². The third-order valence-corrected chi connectivity index (χ3v) is 3.88. The van der Waals surface area contributed by atoms with E-state index in [1.165, 1.54) is 12.5 Å². The van der Waals surface area contributed by atoms with Gasteiger partial charge in [0, 0.05) is 24.7 Å². The monoisotopic (exact) mass is 411 g/mol. The zero-order valence-corrected chi connectivity index (χ0v) is 15.6. The van der Waals surface area contributed by atoms with Crippen LogP contribution in [0.1, 0.15) is 25.0 Å². The summed E-state index contributed by atoms with van der Waals surface area (Å²) in [6, 6.07) is -1.98. The van der Waals surface area contributed by atoms with Gasteiger partial charge in [0.25, 0.3) is 0 Å². The van der Waals surface area contributed by atoms with Crippen LogP contribution in [0.5, 0.6) is 0 Å². The lowest BCUT2D eigenvalue weighted by Crippen LogP contribution is -2.50. The molecule has 0 saturated heterocycles. The van der Waals surface area contributed by atoms with E-state index in [2.05, 4.69) is 26.0 Å². The minimum Gasteiger partial charge on any atom is -0.481 e. The van der Waals surface area contributed by atoms with Gasteiger partial charge in [0.2, 0.25) is 11.8 Å².